The van der Waals surface area contributed by atoms with Crippen molar-refractivity contribution in [3.63, 3.8) is 0 Å². The molecule has 1 N–H and O–H groups in total. The van der Waals surface area contributed by atoms with Crippen LogP contribution in [0, 0.1) is 0 Å². The highest BCUT2D eigenvalue weighted by Gasteiger charge is 2.06. The van der Waals surface area contributed by atoms with E-state index in [-0.39, 0.29) is 5.75 Å². The van der Waals surface area contributed by atoms with E-state index >= 15 is 0 Å². The molecule has 0 atom stereocenters. The van der Waals surface area contributed by atoms with E-state index in [0.29, 0.717) is 26.1 Å². The first-order valence-electron chi connectivity index (χ1n) is 7.77. The molecule has 0 saturated heterocycles. The van der Waals surface area contributed by atoms with Crippen LogP contribution in [0.3, 0.4) is 0 Å². The molecule has 0 aromatic heterocycles. The average molecular weight is 341 g/mol. The second-order valence-electron chi connectivity index (χ2n) is 5.30. The molecule has 0 unspecified atom stereocenters. The second-order valence-corrected chi connectivity index (χ2v) is 7.56. The Morgan fingerprint density at radius 2 is 2.00 bits per heavy atom. The zero-order valence-electron chi connectivity index (χ0n) is 14.2. The van der Waals surface area contributed by atoms with E-state index in [1.54, 1.807) is 0 Å². The van der Waals surface area contributed by atoms with Crippen molar-refractivity contribution in [2.45, 2.75) is 13.3 Å². The third kappa shape index (κ3) is 9.07. The zero-order valence-corrected chi connectivity index (χ0v) is 15.0. The summed E-state index contributed by atoms with van der Waals surface area (Å²) in [6.07, 6.45) is 1.77. The monoisotopic (exact) mass is 341 g/mol. The van der Waals surface area contributed by atoms with Crippen LogP contribution in [0.2, 0.25) is 0 Å². The van der Waals surface area contributed by atoms with Gasteiger partial charge in [0, 0.05) is 26.4 Å². The Kier molecular flexibility index (Phi) is 8.47. The lowest BCUT2D eigenvalue weighted by atomic mass is 10.3. The van der Waals surface area contributed by atoms with Crippen molar-refractivity contribution < 1.29 is 13.2 Å². The highest BCUT2D eigenvalue weighted by molar-refractivity contribution is 7.90. The van der Waals surface area contributed by atoms with Gasteiger partial charge in [-0.2, -0.15) is 0 Å². The molecule has 0 saturated carbocycles. The number of aliphatic imine (C=N–C) groups is 1. The van der Waals surface area contributed by atoms with Crippen LogP contribution >= 0.6 is 0 Å². The highest BCUT2D eigenvalue weighted by Crippen LogP contribution is 2.07. The number of rotatable bonds is 9. The van der Waals surface area contributed by atoms with Crippen molar-refractivity contribution in [2.75, 3.05) is 45.3 Å². The van der Waals surface area contributed by atoms with E-state index in [0.717, 1.165) is 18.3 Å². The Morgan fingerprint density at radius 1 is 1.30 bits per heavy atom. The van der Waals surface area contributed by atoms with E-state index in [2.05, 4.69) is 10.3 Å². The van der Waals surface area contributed by atoms with Crippen molar-refractivity contribution in [2.24, 2.45) is 4.99 Å². The minimum Gasteiger partial charge on any atom is -0.492 e. The topological polar surface area (TPSA) is 71.0 Å². The summed E-state index contributed by atoms with van der Waals surface area (Å²) in [7, 11) is -0.986. The Bertz CT molecular complexity index is 573. The number of para-hydroxylation sites is 1. The molecule has 1 aromatic carbocycles. The first kappa shape index (κ1) is 19.3. The number of hydrogen-bond acceptors (Lipinski definition) is 4. The van der Waals surface area contributed by atoms with Crippen LogP contribution in [0.25, 0.3) is 0 Å². The quantitative estimate of drug-likeness (QED) is 0.418. The molecule has 1 rings (SSSR count). The summed E-state index contributed by atoms with van der Waals surface area (Å²) in [5, 5.41) is 3.20. The smallest absolute Gasteiger partial charge is 0.193 e. The van der Waals surface area contributed by atoms with Crippen molar-refractivity contribution in [1.29, 1.82) is 0 Å². The maximum atomic E-state index is 11.1. The Morgan fingerprint density at radius 3 is 2.61 bits per heavy atom. The van der Waals surface area contributed by atoms with Gasteiger partial charge < -0.3 is 15.0 Å². The summed E-state index contributed by atoms with van der Waals surface area (Å²) in [4.78, 5) is 6.43. The van der Waals surface area contributed by atoms with Crippen molar-refractivity contribution in [3.8, 4) is 5.75 Å². The molecule has 1 aromatic rings. The molecule has 0 aliphatic carbocycles. The lowest BCUT2D eigenvalue weighted by molar-refractivity contribution is 0.281. The van der Waals surface area contributed by atoms with Gasteiger partial charge in [-0.3, -0.25) is 4.99 Å². The number of guanidine groups is 1. The van der Waals surface area contributed by atoms with Crippen molar-refractivity contribution >= 4 is 15.8 Å². The highest BCUT2D eigenvalue weighted by atomic mass is 32.2. The van der Waals surface area contributed by atoms with Crippen LogP contribution in [0.5, 0.6) is 5.75 Å². The maximum absolute atomic E-state index is 11.1. The molecule has 0 radical (unpaired) electrons. The normalized spacial score (nSPS) is 12.0. The third-order valence-electron chi connectivity index (χ3n) is 3.07. The molecular formula is C16H27N3O3S. The maximum Gasteiger partial charge on any atom is 0.193 e. The summed E-state index contributed by atoms with van der Waals surface area (Å²) in [5.74, 6) is 1.77. The minimum atomic E-state index is -2.92. The molecule has 0 bridgehead atoms. The van der Waals surface area contributed by atoms with Crippen LogP contribution < -0.4 is 10.1 Å². The predicted molar refractivity (Wildman–Crippen MR) is 94.9 cm³/mol. The fourth-order valence-corrected chi connectivity index (χ4v) is 2.56. The van der Waals surface area contributed by atoms with Gasteiger partial charge >= 0.3 is 0 Å². The van der Waals surface area contributed by atoms with Crippen LogP contribution in [-0.2, 0) is 9.84 Å². The molecule has 0 aliphatic heterocycles. The van der Waals surface area contributed by atoms with Gasteiger partial charge in [-0.05, 0) is 25.5 Å². The van der Waals surface area contributed by atoms with Crippen LogP contribution in [-0.4, -0.2) is 64.6 Å². The van der Waals surface area contributed by atoms with E-state index < -0.39 is 9.84 Å². The van der Waals surface area contributed by atoms with Gasteiger partial charge in [0.2, 0.25) is 0 Å². The van der Waals surface area contributed by atoms with Gasteiger partial charge in [-0.15, -0.1) is 0 Å². The predicted octanol–water partition coefficient (Wildman–Crippen LogP) is 1.40. The first-order chi connectivity index (χ1) is 10.9. The second kappa shape index (κ2) is 10.1. The number of nitrogens with one attached hydrogen (secondary N) is 1. The molecule has 6 nitrogen and oxygen atoms in total. The summed E-state index contributed by atoms with van der Waals surface area (Å²) in [6, 6.07) is 9.67. The summed E-state index contributed by atoms with van der Waals surface area (Å²) < 4.78 is 27.9. The fraction of sp³-hybridized carbons (Fsp3) is 0.562. The number of likely N-dealkylation sites (N-methyl/N-ethyl adjacent to an activating group) is 1. The first-order valence-corrected chi connectivity index (χ1v) is 9.83. The molecular weight excluding hydrogens is 314 g/mol. The Labute approximate surface area is 139 Å². The number of sulfone groups is 1. The standard InChI is InChI=1S/C16H27N3O3S/c1-4-17-16(18-11-8-14-23(3,20)21)19(2)12-13-22-15-9-6-5-7-10-15/h5-7,9-10H,4,8,11-14H2,1-3H3,(H,17,18). The number of ether oxygens (including phenoxy) is 1. The van der Waals surface area contributed by atoms with E-state index in [4.69, 9.17) is 4.74 Å². The van der Waals surface area contributed by atoms with E-state index in [9.17, 15) is 8.42 Å². The molecule has 0 fully saturated rings. The van der Waals surface area contributed by atoms with Gasteiger partial charge in [0.1, 0.15) is 22.2 Å². The summed E-state index contributed by atoms with van der Waals surface area (Å²) >= 11 is 0. The number of nitrogens with zero attached hydrogens (tertiary/aromatic N) is 2. The zero-order chi connectivity index (χ0) is 17.1. The molecule has 130 valence electrons. The molecule has 0 amide bonds. The van der Waals surface area contributed by atoms with Crippen LogP contribution in [0.15, 0.2) is 35.3 Å². The molecule has 23 heavy (non-hydrogen) atoms. The average Bonchev–Trinajstić information content (AvgIpc) is 2.50. The van der Waals surface area contributed by atoms with Gasteiger partial charge in [0.05, 0.1) is 12.3 Å². The van der Waals surface area contributed by atoms with Crippen molar-refractivity contribution in [1.82, 2.24) is 10.2 Å². The lowest BCUT2D eigenvalue weighted by Gasteiger charge is -2.22. The van der Waals surface area contributed by atoms with Gasteiger partial charge in [-0.1, -0.05) is 18.2 Å². The molecule has 7 heteroatoms. The van der Waals surface area contributed by atoms with Crippen LogP contribution in [0.1, 0.15) is 13.3 Å². The lowest BCUT2D eigenvalue weighted by Crippen LogP contribution is -2.41. The molecule has 0 aliphatic rings. The molecule has 0 spiro atoms. The van der Waals surface area contributed by atoms with Crippen molar-refractivity contribution in [3.05, 3.63) is 30.3 Å². The van der Waals surface area contributed by atoms with Gasteiger partial charge in [0.25, 0.3) is 0 Å². The Hall–Kier alpha value is -1.76. The van der Waals surface area contributed by atoms with E-state index in [1.165, 1.54) is 6.26 Å². The van der Waals surface area contributed by atoms with Crippen LogP contribution in [0.4, 0.5) is 0 Å². The summed E-state index contributed by atoms with van der Waals surface area (Å²) in [5.41, 5.74) is 0. The van der Waals surface area contributed by atoms with E-state index in [1.807, 2.05) is 49.2 Å². The summed E-state index contributed by atoms with van der Waals surface area (Å²) in [6.45, 7) is 4.48. The largest absolute Gasteiger partial charge is 0.492 e. The number of hydrogen-bond donors (Lipinski definition) is 1. The van der Waals surface area contributed by atoms with Gasteiger partial charge in [0.15, 0.2) is 5.96 Å². The van der Waals surface area contributed by atoms with Gasteiger partial charge in [-0.25, -0.2) is 8.42 Å². The fourth-order valence-electron chi connectivity index (χ4n) is 1.90. The SMILES string of the molecule is CCNC(=NCCCS(C)(=O)=O)N(C)CCOc1ccccc1. The minimum absolute atomic E-state index is 0.163. The third-order valence-corrected chi connectivity index (χ3v) is 4.10. The molecule has 0 heterocycles. The Balaban J connectivity index is 2.41. The number of benzene rings is 1.